The molecule has 0 fully saturated rings. The van der Waals surface area contributed by atoms with Crippen LogP contribution >= 0.6 is 11.3 Å². The van der Waals surface area contributed by atoms with Crippen LogP contribution in [-0.4, -0.2) is 4.98 Å². The van der Waals surface area contributed by atoms with E-state index in [1.54, 1.807) is 0 Å². The van der Waals surface area contributed by atoms with Crippen LogP contribution in [0, 0.1) is 6.92 Å². The maximum atomic E-state index is 3.47. The first-order chi connectivity index (χ1) is 5.97. The monoisotopic (exact) mass is 193 g/mol. The highest BCUT2D eigenvalue weighted by atomic mass is 32.1. The minimum absolute atomic E-state index is 0.229. The highest BCUT2D eigenvalue weighted by Gasteiger charge is 2.16. The van der Waals surface area contributed by atoms with Crippen molar-refractivity contribution in [3.8, 4) is 0 Å². The molecule has 2 aromatic rings. The van der Waals surface area contributed by atoms with Crippen LogP contribution in [0.5, 0.6) is 0 Å². The molecule has 0 aliphatic carbocycles. The quantitative estimate of drug-likeness (QED) is 0.654. The summed E-state index contributed by atoms with van der Waals surface area (Å²) in [5, 5.41) is 0. The zero-order valence-electron chi connectivity index (χ0n) is 8.56. The third-order valence-corrected chi connectivity index (χ3v) is 3.23. The predicted octanol–water partition coefficient (Wildman–Crippen LogP) is 3.84. The number of H-pyrrole nitrogens is 1. The molecular weight excluding hydrogens is 178 g/mol. The molecule has 1 nitrogen and oxygen atoms in total. The molecule has 0 unspecified atom stereocenters. The van der Waals surface area contributed by atoms with Crippen LogP contribution in [0.4, 0.5) is 0 Å². The van der Waals surface area contributed by atoms with E-state index in [0.717, 1.165) is 0 Å². The second kappa shape index (κ2) is 2.61. The van der Waals surface area contributed by atoms with Gasteiger partial charge in [-0.3, -0.25) is 0 Å². The lowest BCUT2D eigenvalue weighted by molar-refractivity contribution is 0.574. The minimum Gasteiger partial charge on any atom is -0.357 e. The predicted molar refractivity (Wildman–Crippen MR) is 59.6 cm³/mol. The molecule has 2 heteroatoms. The Hall–Kier alpha value is -0.760. The summed E-state index contributed by atoms with van der Waals surface area (Å²) in [5.41, 5.74) is 2.84. The summed E-state index contributed by atoms with van der Waals surface area (Å²) in [4.78, 5) is 4.84. The zero-order chi connectivity index (χ0) is 9.64. The van der Waals surface area contributed by atoms with E-state index in [-0.39, 0.29) is 5.41 Å². The number of hydrogen-bond donors (Lipinski definition) is 1. The summed E-state index contributed by atoms with van der Waals surface area (Å²) in [6, 6.07) is 4.49. The number of aryl methyl sites for hydroxylation is 1. The van der Waals surface area contributed by atoms with E-state index in [4.69, 9.17) is 0 Å². The van der Waals surface area contributed by atoms with Gasteiger partial charge in [0.15, 0.2) is 0 Å². The lowest BCUT2D eigenvalue weighted by Gasteiger charge is -2.15. The molecule has 0 spiro atoms. The highest BCUT2D eigenvalue weighted by Crippen LogP contribution is 2.30. The normalized spacial score (nSPS) is 12.6. The first-order valence-corrected chi connectivity index (χ1v) is 5.38. The summed E-state index contributed by atoms with van der Waals surface area (Å²) < 4.78 is 1.38. The lowest BCUT2D eigenvalue weighted by Crippen LogP contribution is -2.10. The highest BCUT2D eigenvalue weighted by molar-refractivity contribution is 7.18. The number of thiophene rings is 1. The van der Waals surface area contributed by atoms with Gasteiger partial charge in [0.25, 0.3) is 0 Å². The van der Waals surface area contributed by atoms with E-state index >= 15 is 0 Å². The molecule has 0 aromatic carbocycles. The van der Waals surface area contributed by atoms with Crippen molar-refractivity contribution in [2.45, 2.75) is 33.1 Å². The molecule has 0 atom stereocenters. The van der Waals surface area contributed by atoms with Crippen LogP contribution in [0.15, 0.2) is 12.1 Å². The van der Waals surface area contributed by atoms with Crippen molar-refractivity contribution >= 4 is 21.6 Å². The molecule has 0 aliphatic heterocycles. The Morgan fingerprint density at radius 1 is 1.23 bits per heavy atom. The summed E-state index contributed by atoms with van der Waals surface area (Å²) in [5.74, 6) is 0. The van der Waals surface area contributed by atoms with Crippen LogP contribution in [0.25, 0.3) is 10.2 Å². The Morgan fingerprint density at radius 2 is 1.92 bits per heavy atom. The van der Waals surface area contributed by atoms with Crippen LogP contribution < -0.4 is 0 Å². The molecule has 0 saturated heterocycles. The Bertz CT molecular complexity index is 397. The van der Waals surface area contributed by atoms with Crippen LogP contribution in [-0.2, 0) is 5.41 Å². The molecule has 0 bridgehead atoms. The number of aromatic amines is 1. The van der Waals surface area contributed by atoms with Gasteiger partial charge in [0.2, 0.25) is 0 Å². The summed E-state index contributed by atoms with van der Waals surface area (Å²) in [6.07, 6.45) is 0. The van der Waals surface area contributed by atoms with Crippen molar-refractivity contribution in [2.75, 3.05) is 0 Å². The first-order valence-electron chi connectivity index (χ1n) is 4.56. The number of rotatable bonds is 0. The Labute approximate surface area is 82.8 Å². The Morgan fingerprint density at radius 3 is 2.46 bits per heavy atom. The van der Waals surface area contributed by atoms with Crippen molar-refractivity contribution in [3.63, 3.8) is 0 Å². The zero-order valence-corrected chi connectivity index (χ0v) is 9.38. The Balaban J connectivity index is 2.57. The van der Waals surface area contributed by atoms with Crippen molar-refractivity contribution in [1.29, 1.82) is 0 Å². The number of nitrogens with one attached hydrogen (secondary N) is 1. The maximum absolute atomic E-state index is 3.47. The average molecular weight is 193 g/mol. The van der Waals surface area contributed by atoms with E-state index in [9.17, 15) is 0 Å². The van der Waals surface area contributed by atoms with E-state index in [2.05, 4.69) is 44.8 Å². The molecule has 70 valence electrons. The van der Waals surface area contributed by atoms with E-state index in [0.29, 0.717) is 0 Å². The van der Waals surface area contributed by atoms with Crippen LogP contribution in [0.3, 0.4) is 0 Å². The van der Waals surface area contributed by atoms with Crippen molar-refractivity contribution in [3.05, 3.63) is 22.7 Å². The molecular formula is C11H15NS. The minimum atomic E-state index is 0.229. The number of fused-ring (bicyclic) bond motifs is 1. The number of hydrogen-bond acceptors (Lipinski definition) is 1. The van der Waals surface area contributed by atoms with Gasteiger partial charge in [-0.2, -0.15) is 0 Å². The maximum Gasteiger partial charge on any atom is 0.0568 e. The van der Waals surface area contributed by atoms with Gasteiger partial charge >= 0.3 is 0 Å². The molecule has 0 amide bonds. The van der Waals surface area contributed by atoms with Crippen molar-refractivity contribution < 1.29 is 0 Å². The second-order valence-corrected chi connectivity index (χ2v) is 5.86. The van der Waals surface area contributed by atoms with Crippen LogP contribution in [0.1, 0.15) is 31.3 Å². The molecule has 2 rings (SSSR count). The molecule has 0 aliphatic rings. The molecule has 1 N–H and O–H groups in total. The van der Waals surface area contributed by atoms with Gasteiger partial charge in [0.05, 0.1) is 10.2 Å². The molecule has 0 saturated carbocycles. The van der Waals surface area contributed by atoms with Gasteiger partial charge in [-0.1, -0.05) is 20.8 Å². The van der Waals surface area contributed by atoms with Gasteiger partial charge in [0.1, 0.15) is 0 Å². The van der Waals surface area contributed by atoms with Gasteiger partial charge in [-0.15, -0.1) is 11.3 Å². The summed E-state index contributed by atoms with van der Waals surface area (Å²) >= 11 is 1.86. The topological polar surface area (TPSA) is 15.8 Å². The van der Waals surface area contributed by atoms with Gasteiger partial charge in [-0.05, 0) is 19.1 Å². The largest absolute Gasteiger partial charge is 0.357 e. The third kappa shape index (κ3) is 1.51. The van der Waals surface area contributed by atoms with Gasteiger partial charge in [0, 0.05) is 16.0 Å². The van der Waals surface area contributed by atoms with E-state index in [1.165, 1.54) is 20.8 Å². The fourth-order valence-electron chi connectivity index (χ4n) is 1.45. The SMILES string of the molecule is Cc1cc2[nH]c(C(C)(C)C)cc2s1. The van der Waals surface area contributed by atoms with Gasteiger partial charge < -0.3 is 4.98 Å². The molecule has 2 heterocycles. The summed E-state index contributed by atoms with van der Waals surface area (Å²) in [6.45, 7) is 8.84. The van der Waals surface area contributed by atoms with Crippen LogP contribution in [0.2, 0.25) is 0 Å². The lowest BCUT2D eigenvalue weighted by atomic mass is 9.93. The molecule has 2 aromatic heterocycles. The first kappa shape index (κ1) is 8.82. The fraction of sp³-hybridized carbons (Fsp3) is 0.455. The van der Waals surface area contributed by atoms with E-state index < -0.39 is 0 Å². The third-order valence-electron chi connectivity index (χ3n) is 2.24. The van der Waals surface area contributed by atoms with Crippen molar-refractivity contribution in [2.24, 2.45) is 0 Å². The fourth-order valence-corrected chi connectivity index (χ4v) is 2.37. The number of aromatic nitrogens is 1. The van der Waals surface area contributed by atoms with E-state index in [1.807, 2.05) is 11.3 Å². The molecule has 0 radical (unpaired) electrons. The Kier molecular flexibility index (Phi) is 1.77. The van der Waals surface area contributed by atoms with Crippen molar-refractivity contribution in [1.82, 2.24) is 4.98 Å². The average Bonchev–Trinajstić information content (AvgIpc) is 2.40. The standard InChI is InChI=1S/C11H15NS/c1-7-5-8-9(13-7)6-10(12-8)11(2,3)4/h5-6,12H,1-4H3. The smallest absolute Gasteiger partial charge is 0.0568 e. The summed E-state index contributed by atoms with van der Waals surface area (Å²) in [7, 11) is 0. The van der Waals surface area contributed by atoms with Gasteiger partial charge in [-0.25, -0.2) is 0 Å². The second-order valence-electron chi connectivity index (χ2n) is 4.57. The molecule has 13 heavy (non-hydrogen) atoms.